The summed E-state index contributed by atoms with van der Waals surface area (Å²) >= 11 is 0. The van der Waals surface area contributed by atoms with E-state index in [0.29, 0.717) is 72.9 Å². The second-order valence-corrected chi connectivity index (χ2v) is 10.6. The van der Waals surface area contributed by atoms with Crippen LogP contribution in [0.3, 0.4) is 0 Å². The number of likely N-dealkylation sites (N-methyl/N-ethyl adjacent to an activating group) is 1. The minimum Gasteiger partial charge on any atom is -0.495 e. The quantitative estimate of drug-likeness (QED) is 0.458. The Hall–Kier alpha value is -4.45. The molecule has 1 saturated heterocycles. The number of carbonyl (C=O) groups excluding carboxylic acids is 2. The summed E-state index contributed by atoms with van der Waals surface area (Å²) in [6.07, 6.45) is 1.52. The summed E-state index contributed by atoms with van der Waals surface area (Å²) in [4.78, 5) is 44.0. The van der Waals surface area contributed by atoms with Crippen molar-refractivity contribution in [3.8, 4) is 22.9 Å². The standard InChI is InChI=1S/C29H35N7O5/c1-6-35-17-29(3,4)41-25-23(26(35)37)24(33-27(34-25)36-13-14-40-16-18(36)2)19-7-9-20(10-8-19)31-28(38)32-22-12-11-21(39-5)15-30-22/h7-12,15,18H,6,13-14,16-17H2,1-5H3,(H2,30,31,32,38). The highest BCUT2D eigenvalue weighted by Crippen LogP contribution is 2.36. The Morgan fingerprint density at radius 1 is 1.15 bits per heavy atom. The Labute approximate surface area is 239 Å². The van der Waals surface area contributed by atoms with Gasteiger partial charge in [0.15, 0.2) is 0 Å². The largest absolute Gasteiger partial charge is 0.495 e. The Morgan fingerprint density at radius 2 is 1.93 bits per heavy atom. The zero-order chi connectivity index (χ0) is 29.1. The number of ether oxygens (including phenoxy) is 3. The average Bonchev–Trinajstić information content (AvgIpc) is 3.06. The first kappa shape index (κ1) is 28.1. The molecule has 1 unspecified atom stereocenters. The van der Waals surface area contributed by atoms with E-state index >= 15 is 0 Å². The lowest BCUT2D eigenvalue weighted by atomic mass is 10.0. The number of pyridine rings is 1. The number of benzene rings is 1. The van der Waals surface area contributed by atoms with Gasteiger partial charge < -0.3 is 29.3 Å². The highest BCUT2D eigenvalue weighted by atomic mass is 16.5. The second-order valence-electron chi connectivity index (χ2n) is 10.6. The molecule has 5 rings (SSSR count). The van der Waals surface area contributed by atoms with Crippen molar-refractivity contribution in [2.45, 2.75) is 39.3 Å². The van der Waals surface area contributed by atoms with E-state index in [1.807, 2.05) is 32.9 Å². The Balaban J connectivity index is 1.47. The van der Waals surface area contributed by atoms with Crippen LogP contribution < -0.4 is 25.0 Å². The van der Waals surface area contributed by atoms with E-state index in [9.17, 15) is 9.59 Å². The van der Waals surface area contributed by atoms with Gasteiger partial charge in [-0.15, -0.1) is 0 Å². The van der Waals surface area contributed by atoms with Crippen LogP contribution in [0.4, 0.5) is 22.2 Å². The monoisotopic (exact) mass is 561 g/mol. The van der Waals surface area contributed by atoms with Gasteiger partial charge in [-0.25, -0.2) is 14.8 Å². The van der Waals surface area contributed by atoms with Crippen LogP contribution in [0.2, 0.25) is 0 Å². The second kappa shape index (κ2) is 11.6. The number of aromatic nitrogens is 3. The average molecular weight is 562 g/mol. The number of morpholine rings is 1. The van der Waals surface area contributed by atoms with Gasteiger partial charge in [-0.1, -0.05) is 12.1 Å². The first-order valence-corrected chi connectivity index (χ1v) is 13.6. The number of amides is 3. The van der Waals surface area contributed by atoms with Crippen molar-refractivity contribution < 1.29 is 23.8 Å². The van der Waals surface area contributed by atoms with Gasteiger partial charge in [-0.3, -0.25) is 10.1 Å². The fraction of sp³-hybridized carbons (Fsp3) is 0.414. The molecule has 2 aromatic heterocycles. The van der Waals surface area contributed by atoms with E-state index in [0.717, 1.165) is 0 Å². The highest BCUT2D eigenvalue weighted by molar-refractivity contribution is 6.03. The van der Waals surface area contributed by atoms with Crippen molar-refractivity contribution in [3.05, 3.63) is 48.2 Å². The molecule has 0 saturated carbocycles. The maximum atomic E-state index is 13.8. The summed E-state index contributed by atoms with van der Waals surface area (Å²) in [6, 6.07) is 10.1. The molecule has 12 nitrogen and oxygen atoms in total. The number of hydrogen-bond acceptors (Lipinski definition) is 9. The highest BCUT2D eigenvalue weighted by Gasteiger charge is 2.38. The van der Waals surface area contributed by atoms with E-state index in [1.54, 1.807) is 36.3 Å². The Kier molecular flexibility index (Phi) is 7.93. The third-order valence-corrected chi connectivity index (χ3v) is 6.95. The smallest absolute Gasteiger partial charge is 0.324 e. The van der Waals surface area contributed by atoms with Crippen LogP contribution >= 0.6 is 0 Å². The summed E-state index contributed by atoms with van der Waals surface area (Å²) in [6.45, 7) is 10.6. The molecule has 4 heterocycles. The van der Waals surface area contributed by atoms with Gasteiger partial charge in [0.25, 0.3) is 5.91 Å². The molecule has 1 fully saturated rings. The molecule has 2 aliphatic rings. The zero-order valence-corrected chi connectivity index (χ0v) is 23.9. The van der Waals surface area contributed by atoms with E-state index < -0.39 is 11.6 Å². The third kappa shape index (κ3) is 6.17. The molecule has 12 heteroatoms. The minimum atomic E-state index is -0.643. The lowest BCUT2D eigenvalue weighted by Gasteiger charge is -2.34. The normalized spacial score (nSPS) is 18.2. The van der Waals surface area contributed by atoms with Crippen molar-refractivity contribution in [2.24, 2.45) is 0 Å². The van der Waals surface area contributed by atoms with Gasteiger partial charge in [0, 0.05) is 24.3 Å². The molecule has 1 atom stereocenters. The molecule has 216 valence electrons. The number of methoxy groups -OCH3 is 1. The van der Waals surface area contributed by atoms with Gasteiger partial charge in [-0.2, -0.15) is 4.98 Å². The number of carbonyl (C=O) groups is 2. The van der Waals surface area contributed by atoms with Crippen LogP contribution in [0.1, 0.15) is 38.1 Å². The van der Waals surface area contributed by atoms with Gasteiger partial charge >= 0.3 is 6.03 Å². The SMILES string of the molecule is CCN1CC(C)(C)Oc2nc(N3CCOCC3C)nc(-c3ccc(NC(=O)Nc4ccc(OC)cn4)cc3)c2C1=O. The summed E-state index contributed by atoms with van der Waals surface area (Å²) in [5, 5.41) is 5.49. The number of fused-ring (bicyclic) bond motifs is 1. The van der Waals surface area contributed by atoms with Crippen molar-refractivity contribution in [2.75, 3.05) is 55.5 Å². The fourth-order valence-electron chi connectivity index (χ4n) is 4.86. The van der Waals surface area contributed by atoms with Crippen LogP contribution in [0.5, 0.6) is 11.6 Å². The van der Waals surface area contributed by atoms with Crippen LogP contribution in [0.15, 0.2) is 42.6 Å². The van der Waals surface area contributed by atoms with Crippen molar-refractivity contribution in [3.63, 3.8) is 0 Å². The minimum absolute atomic E-state index is 0.0570. The first-order chi connectivity index (χ1) is 19.7. The van der Waals surface area contributed by atoms with Crippen molar-refractivity contribution >= 4 is 29.4 Å². The molecular formula is C29H35N7O5. The molecule has 1 aromatic carbocycles. The van der Waals surface area contributed by atoms with Gasteiger partial charge in [0.2, 0.25) is 11.8 Å². The number of nitrogens with zero attached hydrogens (tertiary/aromatic N) is 5. The third-order valence-electron chi connectivity index (χ3n) is 6.95. The summed E-state index contributed by atoms with van der Waals surface area (Å²) in [7, 11) is 1.55. The Bertz CT molecular complexity index is 1410. The molecule has 41 heavy (non-hydrogen) atoms. The number of rotatable bonds is 6. The number of hydrogen-bond donors (Lipinski definition) is 2. The molecule has 2 aliphatic heterocycles. The zero-order valence-electron chi connectivity index (χ0n) is 23.9. The molecule has 3 amide bonds. The fourth-order valence-corrected chi connectivity index (χ4v) is 4.86. The molecule has 0 spiro atoms. The predicted molar refractivity (Wildman–Crippen MR) is 155 cm³/mol. The molecule has 0 radical (unpaired) electrons. The maximum absolute atomic E-state index is 13.8. The maximum Gasteiger partial charge on any atom is 0.324 e. The summed E-state index contributed by atoms with van der Waals surface area (Å²) < 4.78 is 17.1. The first-order valence-electron chi connectivity index (χ1n) is 13.6. The molecule has 2 N–H and O–H groups in total. The predicted octanol–water partition coefficient (Wildman–Crippen LogP) is 4.05. The van der Waals surface area contributed by atoms with Crippen LogP contribution in [0.25, 0.3) is 11.3 Å². The van der Waals surface area contributed by atoms with E-state index in [1.165, 1.54) is 6.20 Å². The topological polar surface area (TPSA) is 131 Å². The van der Waals surface area contributed by atoms with Crippen LogP contribution in [-0.2, 0) is 4.74 Å². The lowest BCUT2D eigenvalue weighted by Crippen LogP contribution is -2.44. The van der Waals surface area contributed by atoms with Crippen molar-refractivity contribution in [1.82, 2.24) is 19.9 Å². The number of urea groups is 1. The van der Waals surface area contributed by atoms with E-state index in [4.69, 9.17) is 24.2 Å². The van der Waals surface area contributed by atoms with E-state index in [2.05, 4.69) is 27.4 Å². The van der Waals surface area contributed by atoms with Gasteiger partial charge in [0.05, 0.1) is 44.8 Å². The summed E-state index contributed by atoms with van der Waals surface area (Å²) in [5.41, 5.74) is 1.41. The van der Waals surface area contributed by atoms with Crippen LogP contribution in [-0.4, -0.2) is 83.4 Å². The van der Waals surface area contributed by atoms with Crippen LogP contribution in [0, 0.1) is 0 Å². The Morgan fingerprint density at radius 3 is 2.59 bits per heavy atom. The molecule has 3 aromatic rings. The number of nitrogens with one attached hydrogen (secondary N) is 2. The molecule has 0 aliphatic carbocycles. The lowest BCUT2D eigenvalue weighted by molar-refractivity contribution is 0.0541. The van der Waals surface area contributed by atoms with Gasteiger partial charge in [-0.05, 0) is 52.0 Å². The van der Waals surface area contributed by atoms with Crippen molar-refractivity contribution in [1.29, 1.82) is 0 Å². The van der Waals surface area contributed by atoms with Gasteiger partial charge in [0.1, 0.15) is 22.7 Å². The van der Waals surface area contributed by atoms with E-state index in [-0.39, 0.29) is 17.8 Å². The molecule has 0 bridgehead atoms. The molecular weight excluding hydrogens is 526 g/mol. The number of anilines is 3. The summed E-state index contributed by atoms with van der Waals surface area (Å²) in [5.74, 6) is 1.54.